The van der Waals surface area contributed by atoms with Crippen molar-refractivity contribution in [3.8, 4) is 22.3 Å². The van der Waals surface area contributed by atoms with Crippen molar-refractivity contribution in [3.05, 3.63) is 116 Å². The number of halogens is 4. The Morgan fingerprint density at radius 2 is 0.839 bits per heavy atom. The summed E-state index contributed by atoms with van der Waals surface area (Å²) in [6.45, 7) is 0.741. The SMILES string of the molecule is Clc1ccccc1-c1c(Cl)cccc1COCc1cccc(Cl)c1-c1ccccc1Cl. The van der Waals surface area contributed by atoms with Crippen molar-refractivity contribution >= 4 is 46.4 Å². The lowest BCUT2D eigenvalue weighted by atomic mass is 9.99. The van der Waals surface area contributed by atoms with E-state index in [4.69, 9.17) is 51.1 Å². The molecule has 0 aliphatic carbocycles. The van der Waals surface area contributed by atoms with Crippen molar-refractivity contribution < 1.29 is 4.74 Å². The molecule has 0 bridgehead atoms. The van der Waals surface area contributed by atoms with E-state index in [0.717, 1.165) is 33.4 Å². The lowest BCUT2D eigenvalue weighted by molar-refractivity contribution is 0.108. The molecule has 156 valence electrons. The largest absolute Gasteiger partial charge is 0.372 e. The summed E-state index contributed by atoms with van der Waals surface area (Å²) in [6.07, 6.45) is 0. The second-order valence-electron chi connectivity index (χ2n) is 7.00. The minimum absolute atomic E-state index is 0.371. The zero-order chi connectivity index (χ0) is 21.8. The van der Waals surface area contributed by atoms with E-state index < -0.39 is 0 Å². The standard InChI is InChI=1S/C26H18Cl4O/c27-21-11-3-1-9-19(21)25-17(7-5-13-23(25)29)15-31-16-18-8-6-14-24(30)26(18)20-10-2-4-12-22(20)28/h1-14H,15-16H2. The van der Waals surface area contributed by atoms with Gasteiger partial charge in [0.1, 0.15) is 0 Å². The first-order valence-electron chi connectivity index (χ1n) is 9.68. The van der Waals surface area contributed by atoms with Crippen molar-refractivity contribution in [2.45, 2.75) is 13.2 Å². The molecule has 0 saturated carbocycles. The van der Waals surface area contributed by atoms with Crippen molar-refractivity contribution in [3.63, 3.8) is 0 Å². The third kappa shape index (κ3) is 4.92. The van der Waals surface area contributed by atoms with Gasteiger partial charge in [-0.3, -0.25) is 0 Å². The van der Waals surface area contributed by atoms with Crippen LogP contribution in [0.25, 0.3) is 22.3 Å². The molecule has 31 heavy (non-hydrogen) atoms. The van der Waals surface area contributed by atoms with Crippen LogP contribution in [0.15, 0.2) is 84.9 Å². The maximum absolute atomic E-state index is 6.53. The second-order valence-corrected chi connectivity index (χ2v) is 8.63. The van der Waals surface area contributed by atoms with E-state index in [1.807, 2.05) is 84.9 Å². The fourth-order valence-corrected chi connectivity index (χ4v) is 4.63. The van der Waals surface area contributed by atoms with Crippen LogP contribution in [0.1, 0.15) is 11.1 Å². The summed E-state index contributed by atoms with van der Waals surface area (Å²) in [5.41, 5.74) is 5.45. The van der Waals surface area contributed by atoms with Gasteiger partial charge in [-0.25, -0.2) is 0 Å². The molecular formula is C26H18Cl4O. The van der Waals surface area contributed by atoms with E-state index >= 15 is 0 Å². The fraction of sp³-hybridized carbons (Fsp3) is 0.0769. The molecule has 0 saturated heterocycles. The highest BCUT2D eigenvalue weighted by Gasteiger charge is 2.15. The molecule has 0 unspecified atom stereocenters. The Hall–Kier alpha value is -2.00. The molecule has 4 aromatic carbocycles. The number of hydrogen-bond acceptors (Lipinski definition) is 1. The van der Waals surface area contributed by atoms with Crippen molar-refractivity contribution in [1.82, 2.24) is 0 Å². The number of benzene rings is 4. The van der Waals surface area contributed by atoms with Gasteiger partial charge >= 0.3 is 0 Å². The first-order valence-corrected chi connectivity index (χ1v) is 11.2. The van der Waals surface area contributed by atoms with E-state index in [9.17, 15) is 0 Å². The Labute approximate surface area is 202 Å². The Kier molecular flexibility index (Phi) is 7.22. The van der Waals surface area contributed by atoms with Gasteiger partial charge < -0.3 is 4.74 Å². The average molecular weight is 488 g/mol. The lowest BCUT2D eigenvalue weighted by Crippen LogP contribution is -1.99. The van der Waals surface area contributed by atoms with Gasteiger partial charge in [-0.1, -0.05) is 107 Å². The molecule has 0 spiro atoms. The maximum Gasteiger partial charge on any atom is 0.0728 e. The predicted molar refractivity (Wildman–Crippen MR) is 132 cm³/mol. The van der Waals surface area contributed by atoms with Gasteiger partial charge in [-0.2, -0.15) is 0 Å². The quantitative estimate of drug-likeness (QED) is 0.263. The van der Waals surface area contributed by atoms with Crippen molar-refractivity contribution in [2.75, 3.05) is 0 Å². The van der Waals surface area contributed by atoms with Gasteiger partial charge in [0.25, 0.3) is 0 Å². The normalized spacial score (nSPS) is 11.0. The van der Waals surface area contributed by atoms with Crippen molar-refractivity contribution in [2.24, 2.45) is 0 Å². The summed E-state index contributed by atoms with van der Waals surface area (Å²) in [5.74, 6) is 0. The summed E-state index contributed by atoms with van der Waals surface area (Å²) in [6, 6.07) is 26.8. The van der Waals surface area contributed by atoms with Crippen molar-refractivity contribution in [1.29, 1.82) is 0 Å². The van der Waals surface area contributed by atoms with E-state index in [-0.39, 0.29) is 0 Å². The smallest absolute Gasteiger partial charge is 0.0728 e. The second kappa shape index (κ2) is 10.1. The van der Waals surface area contributed by atoms with Crippen LogP contribution in [0.2, 0.25) is 20.1 Å². The summed E-state index contributed by atoms with van der Waals surface area (Å²) >= 11 is 25.9. The van der Waals surface area contributed by atoms with Gasteiger partial charge in [0, 0.05) is 42.3 Å². The Bertz CT molecular complexity index is 1120. The third-order valence-electron chi connectivity index (χ3n) is 5.00. The molecule has 0 aliphatic rings. The molecule has 0 fully saturated rings. The van der Waals surface area contributed by atoms with E-state index in [1.165, 1.54) is 0 Å². The highest BCUT2D eigenvalue weighted by atomic mass is 35.5. The maximum atomic E-state index is 6.53. The molecule has 0 aliphatic heterocycles. The third-order valence-corrected chi connectivity index (χ3v) is 6.29. The average Bonchev–Trinajstić information content (AvgIpc) is 2.76. The predicted octanol–water partition coefficient (Wildman–Crippen LogP) is 9.35. The topological polar surface area (TPSA) is 9.23 Å². The molecule has 0 heterocycles. The van der Waals surface area contributed by atoms with Crippen LogP contribution in [0.4, 0.5) is 0 Å². The van der Waals surface area contributed by atoms with Gasteiger partial charge in [0.2, 0.25) is 0 Å². The number of hydrogen-bond donors (Lipinski definition) is 0. The molecule has 0 aromatic heterocycles. The first kappa shape index (κ1) is 22.2. The monoisotopic (exact) mass is 486 g/mol. The summed E-state index contributed by atoms with van der Waals surface area (Å²) in [4.78, 5) is 0. The number of ether oxygens (including phenoxy) is 1. The Balaban J connectivity index is 1.61. The molecule has 5 heteroatoms. The summed E-state index contributed by atoms with van der Waals surface area (Å²) in [5, 5.41) is 2.56. The molecule has 4 aromatic rings. The van der Waals surface area contributed by atoms with Crippen LogP contribution in [0.5, 0.6) is 0 Å². The van der Waals surface area contributed by atoms with E-state index in [1.54, 1.807) is 0 Å². The number of rotatable bonds is 6. The van der Waals surface area contributed by atoms with Crippen LogP contribution in [0, 0.1) is 0 Å². The lowest BCUT2D eigenvalue weighted by Gasteiger charge is -2.16. The van der Waals surface area contributed by atoms with E-state index in [0.29, 0.717) is 33.3 Å². The van der Waals surface area contributed by atoms with Crippen LogP contribution >= 0.6 is 46.4 Å². The minimum Gasteiger partial charge on any atom is -0.372 e. The molecule has 0 radical (unpaired) electrons. The van der Waals surface area contributed by atoms with Gasteiger partial charge in [0.05, 0.1) is 13.2 Å². The zero-order valence-corrected chi connectivity index (χ0v) is 19.4. The summed E-state index contributed by atoms with van der Waals surface area (Å²) in [7, 11) is 0. The molecular weight excluding hydrogens is 470 g/mol. The summed E-state index contributed by atoms with van der Waals surface area (Å²) < 4.78 is 6.12. The Morgan fingerprint density at radius 1 is 0.452 bits per heavy atom. The Morgan fingerprint density at radius 3 is 1.26 bits per heavy atom. The molecule has 0 amide bonds. The van der Waals surface area contributed by atoms with Crippen LogP contribution < -0.4 is 0 Å². The zero-order valence-electron chi connectivity index (χ0n) is 16.4. The van der Waals surface area contributed by atoms with Gasteiger partial charge in [-0.15, -0.1) is 0 Å². The first-order chi connectivity index (χ1) is 15.1. The molecule has 0 atom stereocenters. The van der Waals surface area contributed by atoms with Crippen LogP contribution in [-0.4, -0.2) is 0 Å². The fourth-order valence-electron chi connectivity index (χ4n) is 3.58. The molecule has 1 nitrogen and oxygen atoms in total. The minimum atomic E-state index is 0.371. The van der Waals surface area contributed by atoms with E-state index in [2.05, 4.69) is 0 Å². The highest BCUT2D eigenvalue weighted by molar-refractivity contribution is 6.37. The van der Waals surface area contributed by atoms with Gasteiger partial charge in [0.15, 0.2) is 0 Å². The highest BCUT2D eigenvalue weighted by Crippen LogP contribution is 2.38. The van der Waals surface area contributed by atoms with Gasteiger partial charge in [-0.05, 0) is 35.4 Å². The van der Waals surface area contributed by atoms with Crippen LogP contribution in [0.3, 0.4) is 0 Å². The van der Waals surface area contributed by atoms with Crippen LogP contribution in [-0.2, 0) is 18.0 Å². The molecule has 0 N–H and O–H groups in total. The molecule has 4 rings (SSSR count).